The lowest BCUT2D eigenvalue weighted by Crippen LogP contribution is -2.14. The van der Waals surface area contributed by atoms with Gasteiger partial charge >= 0.3 is 12.4 Å². The van der Waals surface area contributed by atoms with Crippen molar-refractivity contribution in [3.8, 4) is 17.5 Å². The van der Waals surface area contributed by atoms with Crippen LogP contribution in [0.4, 0.5) is 26.3 Å². The molecule has 1 amide bonds. The fourth-order valence-corrected chi connectivity index (χ4v) is 2.54. The van der Waals surface area contributed by atoms with E-state index in [2.05, 4.69) is 20.1 Å². The maximum atomic E-state index is 13.1. The Labute approximate surface area is 174 Å². The standard InChI is InChI=1S/C18H9F6N7O/c19-17(20,21)11-1-9(2-12(3-11)18(22,23)24)16-29-14(4-25)31(30-16)7-13(15(26)32)10-5-27-8-28-6-10/h1-3,5-8H,(H2,26,32)/b13-7+. The molecule has 3 rings (SSSR count). The number of nitrogens with zero attached hydrogens (tertiary/aromatic N) is 6. The van der Waals surface area contributed by atoms with Gasteiger partial charge in [-0.25, -0.2) is 14.6 Å². The number of amides is 1. The molecule has 14 heteroatoms. The molecule has 0 aliphatic rings. The first-order chi connectivity index (χ1) is 14.9. The van der Waals surface area contributed by atoms with Gasteiger partial charge in [0.1, 0.15) is 12.4 Å². The van der Waals surface area contributed by atoms with Crippen LogP contribution in [-0.4, -0.2) is 30.6 Å². The van der Waals surface area contributed by atoms with Gasteiger partial charge in [-0.15, -0.1) is 5.10 Å². The van der Waals surface area contributed by atoms with E-state index in [-0.39, 0.29) is 17.2 Å². The third kappa shape index (κ3) is 4.72. The molecule has 0 atom stereocenters. The SMILES string of the molecule is N#Cc1nc(-c2cc(C(F)(F)F)cc(C(F)(F)F)c2)nn1/C=C(/C(N)=O)c1cncnc1. The van der Waals surface area contributed by atoms with E-state index in [0.717, 1.165) is 6.20 Å². The van der Waals surface area contributed by atoms with Crippen LogP contribution in [-0.2, 0) is 17.1 Å². The molecule has 0 unspecified atom stereocenters. The van der Waals surface area contributed by atoms with Gasteiger partial charge in [-0.1, -0.05) is 0 Å². The zero-order chi connectivity index (χ0) is 23.7. The molecule has 0 saturated carbocycles. The van der Waals surface area contributed by atoms with Crippen molar-refractivity contribution >= 4 is 17.7 Å². The van der Waals surface area contributed by atoms with E-state index in [1.807, 2.05) is 0 Å². The second-order valence-corrected chi connectivity index (χ2v) is 6.14. The predicted molar refractivity (Wildman–Crippen MR) is 95.6 cm³/mol. The molecule has 0 saturated heterocycles. The molecule has 0 spiro atoms. The van der Waals surface area contributed by atoms with Crippen molar-refractivity contribution in [2.75, 3.05) is 0 Å². The number of nitrogens with two attached hydrogens (primary N) is 1. The number of carbonyl (C=O) groups is 1. The van der Waals surface area contributed by atoms with Crippen LogP contribution in [0.25, 0.3) is 23.2 Å². The summed E-state index contributed by atoms with van der Waals surface area (Å²) in [5, 5.41) is 13.0. The third-order valence-corrected chi connectivity index (χ3v) is 3.97. The molecule has 0 fully saturated rings. The summed E-state index contributed by atoms with van der Waals surface area (Å²) >= 11 is 0. The predicted octanol–water partition coefficient (Wildman–Crippen LogP) is 3.13. The molecule has 3 aromatic rings. The van der Waals surface area contributed by atoms with Gasteiger partial charge in [-0.3, -0.25) is 4.79 Å². The minimum Gasteiger partial charge on any atom is -0.366 e. The summed E-state index contributed by atoms with van der Waals surface area (Å²) in [6, 6.07) is 2.37. The van der Waals surface area contributed by atoms with Crippen molar-refractivity contribution in [1.82, 2.24) is 24.7 Å². The lowest BCUT2D eigenvalue weighted by Gasteiger charge is -2.13. The summed E-state index contributed by atoms with van der Waals surface area (Å²) in [5.74, 6) is -2.12. The van der Waals surface area contributed by atoms with Crippen LogP contribution >= 0.6 is 0 Å². The molecule has 0 aliphatic heterocycles. The zero-order valence-corrected chi connectivity index (χ0v) is 15.5. The Balaban J connectivity index is 2.19. The molecule has 0 aliphatic carbocycles. The van der Waals surface area contributed by atoms with Crippen LogP contribution in [0.5, 0.6) is 0 Å². The number of hydrogen-bond donors (Lipinski definition) is 1. The fourth-order valence-electron chi connectivity index (χ4n) is 2.54. The van der Waals surface area contributed by atoms with Gasteiger partial charge in [0.25, 0.3) is 5.91 Å². The topological polar surface area (TPSA) is 123 Å². The van der Waals surface area contributed by atoms with Gasteiger partial charge in [-0.05, 0) is 18.2 Å². The van der Waals surface area contributed by atoms with Crippen LogP contribution in [0.2, 0.25) is 0 Å². The van der Waals surface area contributed by atoms with Crippen LogP contribution in [0.3, 0.4) is 0 Å². The highest BCUT2D eigenvalue weighted by Crippen LogP contribution is 2.38. The molecule has 1 aromatic carbocycles. The van der Waals surface area contributed by atoms with E-state index in [1.54, 1.807) is 6.07 Å². The normalized spacial score (nSPS) is 12.5. The Bertz CT molecular complexity index is 1210. The van der Waals surface area contributed by atoms with E-state index in [0.29, 0.717) is 16.8 Å². The molecule has 2 aromatic heterocycles. The van der Waals surface area contributed by atoms with Gasteiger partial charge in [0.2, 0.25) is 5.82 Å². The molecule has 8 nitrogen and oxygen atoms in total. The first kappa shape index (κ1) is 22.4. The van der Waals surface area contributed by atoms with E-state index in [4.69, 9.17) is 5.73 Å². The monoisotopic (exact) mass is 453 g/mol. The Kier molecular flexibility index (Phi) is 5.67. The summed E-state index contributed by atoms with van der Waals surface area (Å²) in [4.78, 5) is 22.9. The van der Waals surface area contributed by atoms with Crippen molar-refractivity contribution in [2.45, 2.75) is 12.4 Å². The van der Waals surface area contributed by atoms with Crippen LogP contribution in [0.15, 0.2) is 36.9 Å². The van der Waals surface area contributed by atoms with Crippen LogP contribution < -0.4 is 5.73 Å². The third-order valence-electron chi connectivity index (χ3n) is 3.97. The summed E-state index contributed by atoms with van der Waals surface area (Å²) in [6.45, 7) is 0. The van der Waals surface area contributed by atoms with Crippen LogP contribution in [0, 0.1) is 11.3 Å². The number of alkyl halides is 6. The number of nitriles is 1. The van der Waals surface area contributed by atoms with Crippen LogP contribution in [0.1, 0.15) is 22.5 Å². The summed E-state index contributed by atoms with van der Waals surface area (Å²) in [5.41, 5.74) is 1.40. The van der Waals surface area contributed by atoms with Crippen molar-refractivity contribution in [2.24, 2.45) is 5.73 Å². The number of benzene rings is 1. The number of hydrogen-bond acceptors (Lipinski definition) is 6. The molecule has 0 bridgehead atoms. The highest BCUT2D eigenvalue weighted by atomic mass is 19.4. The quantitative estimate of drug-likeness (QED) is 0.478. The van der Waals surface area contributed by atoms with E-state index in [9.17, 15) is 36.4 Å². The van der Waals surface area contributed by atoms with Crippen molar-refractivity contribution < 1.29 is 31.1 Å². The van der Waals surface area contributed by atoms with Crippen molar-refractivity contribution in [3.05, 3.63) is 59.4 Å². The van der Waals surface area contributed by atoms with Gasteiger partial charge in [0.05, 0.1) is 16.7 Å². The van der Waals surface area contributed by atoms with Gasteiger partial charge in [0.15, 0.2) is 5.82 Å². The highest BCUT2D eigenvalue weighted by molar-refractivity contribution is 6.22. The van der Waals surface area contributed by atoms with Crippen molar-refractivity contribution in [3.63, 3.8) is 0 Å². The number of rotatable bonds is 4. The van der Waals surface area contributed by atoms with E-state index < -0.39 is 46.6 Å². The maximum Gasteiger partial charge on any atom is 0.416 e. The number of carbonyl (C=O) groups excluding carboxylic acids is 1. The zero-order valence-electron chi connectivity index (χ0n) is 15.5. The lowest BCUT2D eigenvalue weighted by atomic mass is 10.0. The van der Waals surface area contributed by atoms with Gasteiger partial charge in [-0.2, -0.15) is 36.6 Å². The summed E-state index contributed by atoms with van der Waals surface area (Å²) in [6.07, 6.45) is -5.62. The minimum absolute atomic E-state index is 0.0494. The molecule has 0 radical (unpaired) electrons. The van der Waals surface area contributed by atoms with Gasteiger partial charge < -0.3 is 5.73 Å². The average Bonchev–Trinajstić information content (AvgIpc) is 3.14. The Morgan fingerprint density at radius 2 is 1.59 bits per heavy atom. The van der Waals surface area contributed by atoms with E-state index >= 15 is 0 Å². The summed E-state index contributed by atoms with van der Waals surface area (Å²) in [7, 11) is 0. The molecule has 2 N–H and O–H groups in total. The van der Waals surface area contributed by atoms with E-state index in [1.165, 1.54) is 18.7 Å². The first-order valence-corrected chi connectivity index (χ1v) is 8.33. The molecular weight excluding hydrogens is 444 g/mol. The molecular formula is C18H9F6N7O. The number of primary amides is 1. The fraction of sp³-hybridized carbons (Fsp3) is 0.111. The second kappa shape index (κ2) is 8.10. The molecule has 2 heterocycles. The largest absolute Gasteiger partial charge is 0.416 e. The smallest absolute Gasteiger partial charge is 0.366 e. The minimum atomic E-state index is -5.08. The maximum absolute atomic E-state index is 13.1. The number of aromatic nitrogens is 5. The Morgan fingerprint density at radius 1 is 1.03 bits per heavy atom. The lowest BCUT2D eigenvalue weighted by molar-refractivity contribution is -0.143. The molecule has 164 valence electrons. The average molecular weight is 453 g/mol. The highest BCUT2D eigenvalue weighted by Gasteiger charge is 2.37. The van der Waals surface area contributed by atoms with Crippen molar-refractivity contribution in [1.29, 1.82) is 5.26 Å². The second-order valence-electron chi connectivity index (χ2n) is 6.14. The number of halogens is 6. The van der Waals surface area contributed by atoms with Gasteiger partial charge in [0, 0.05) is 29.7 Å². The summed E-state index contributed by atoms with van der Waals surface area (Å²) < 4.78 is 79.4. The molecule has 32 heavy (non-hydrogen) atoms. The Morgan fingerprint density at radius 3 is 2.06 bits per heavy atom. The first-order valence-electron chi connectivity index (χ1n) is 8.33. The Hall–Kier alpha value is -4.28.